The summed E-state index contributed by atoms with van der Waals surface area (Å²) >= 11 is 0. The summed E-state index contributed by atoms with van der Waals surface area (Å²) in [6, 6.07) is 28.3. The SMILES string of the molecule is Cc1c(-c2ccccc2)nc2ccccc2c1C(=O)NCCCc1ccccc1. The Morgan fingerprint density at radius 3 is 2.28 bits per heavy atom. The lowest BCUT2D eigenvalue weighted by Crippen LogP contribution is -2.26. The van der Waals surface area contributed by atoms with E-state index in [0.717, 1.165) is 40.6 Å². The number of carbonyl (C=O) groups excluding carboxylic acids is 1. The first kappa shape index (κ1) is 18.9. The molecule has 4 aromatic rings. The van der Waals surface area contributed by atoms with E-state index in [9.17, 15) is 4.79 Å². The fourth-order valence-corrected chi connectivity index (χ4v) is 3.70. The van der Waals surface area contributed by atoms with Crippen molar-refractivity contribution < 1.29 is 4.79 Å². The zero-order valence-corrected chi connectivity index (χ0v) is 16.6. The Morgan fingerprint density at radius 2 is 1.52 bits per heavy atom. The first-order valence-corrected chi connectivity index (χ1v) is 10.0. The molecule has 3 aromatic carbocycles. The first-order valence-electron chi connectivity index (χ1n) is 10.0. The monoisotopic (exact) mass is 380 g/mol. The Morgan fingerprint density at radius 1 is 0.862 bits per heavy atom. The van der Waals surface area contributed by atoms with E-state index < -0.39 is 0 Å². The number of benzene rings is 3. The lowest BCUT2D eigenvalue weighted by Gasteiger charge is -2.15. The number of aryl methyl sites for hydroxylation is 1. The lowest BCUT2D eigenvalue weighted by atomic mass is 9.97. The molecule has 144 valence electrons. The summed E-state index contributed by atoms with van der Waals surface area (Å²) in [5.41, 5.74) is 5.64. The minimum Gasteiger partial charge on any atom is -0.352 e. The van der Waals surface area contributed by atoms with Gasteiger partial charge in [0.25, 0.3) is 5.91 Å². The van der Waals surface area contributed by atoms with Crippen LogP contribution in [-0.4, -0.2) is 17.4 Å². The van der Waals surface area contributed by atoms with Crippen LogP contribution in [0.1, 0.15) is 27.9 Å². The van der Waals surface area contributed by atoms with Crippen molar-refractivity contribution in [3.05, 3.63) is 102 Å². The Hall–Kier alpha value is -3.46. The molecule has 0 unspecified atom stereocenters. The van der Waals surface area contributed by atoms with Crippen LogP contribution >= 0.6 is 0 Å². The fourth-order valence-electron chi connectivity index (χ4n) is 3.70. The predicted octanol–water partition coefficient (Wildman–Crippen LogP) is 5.57. The average Bonchev–Trinajstić information content (AvgIpc) is 2.77. The summed E-state index contributed by atoms with van der Waals surface area (Å²) in [5.74, 6) is -0.0358. The van der Waals surface area contributed by atoms with Crippen LogP contribution in [0.4, 0.5) is 0 Å². The average molecular weight is 380 g/mol. The minimum absolute atomic E-state index is 0.0358. The number of para-hydroxylation sites is 1. The molecule has 0 bridgehead atoms. The van der Waals surface area contributed by atoms with E-state index in [2.05, 4.69) is 17.4 Å². The molecule has 1 heterocycles. The summed E-state index contributed by atoms with van der Waals surface area (Å²) in [6.07, 6.45) is 1.86. The van der Waals surface area contributed by atoms with E-state index >= 15 is 0 Å². The quantitative estimate of drug-likeness (QED) is 0.444. The molecule has 0 spiro atoms. The van der Waals surface area contributed by atoms with Crippen LogP contribution in [-0.2, 0) is 6.42 Å². The van der Waals surface area contributed by atoms with Crippen molar-refractivity contribution in [1.29, 1.82) is 0 Å². The number of amides is 1. The number of pyridine rings is 1. The van der Waals surface area contributed by atoms with Crippen LogP contribution in [0.5, 0.6) is 0 Å². The molecule has 0 aliphatic heterocycles. The molecule has 0 saturated carbocycles. The highest BCUT2D eigenvalue weighted by Crippen LogP contribution is 2.29. The van der Waals surface area contributed by atoms with Crippen LogP contribution in [0.15, 0.2) is 84.9 Å². The van der Waals surface area contributed by atoms with Gasteiger partial charge in [-0.2, -0.15) is 0 Å². The molecule has 4 rings (SSSR count). The molecule has 3 heteroatoms. The number of fused-ring (bicyclic) bond motifs is 1. The molecule has 29 heavy (non-hydrogen) atoms. The first-order chi connectivity index (χ1) is 14.2. The van der Waals surface area contributed by atoms with Crippen molar-refractivity contribution in [2.24, 2.45) is 0 Å². The zero-order chi connectivity index (χ0) is 20.1. The highest BCUT2D eigenvalue weighted by molar-refractivity contribution is 6.08. The van der Waals surface area contributed by atoms with Crippen LogP contribution in [0, 0.1) is 6.92 Å². The maximum Gasteiger partial charge on any atom is 0.252 e. The van der Waals surface area contributed by atoms with E-state index in [-0.39, 0.29) is 5.91 Å². The molecular formula is C26H24N2O. The number of hydrogen-bond donors (Lipinski definition) is 1. The van der Waals surface area contributed by atoms with Gasteiger partial charge in [0, 0.05) is 17.5 Å². The standard InChI is InChI=1S/C26H24N2O/c1-19-24(26(29)27-18-10-13-20-11-4-2-5-12-20)22-16-8-9-17-23(22)28-25(19)21-14-6-3-7-15-21/h2-9,11-12,14-17H,10,13,18H2,1H3,(H,27,29). The number of rotatable bonds is 6. The van der Waals surface area contributed by atoms with Gasteiger partial charge in [-0.3, -0.25) is 4.79 Å². The smallest absolute Gasteiger partial charge is 0.252 e. The molecule has 0 aliphatic rings. The second-order valence-corrected chi connectivity index (χ2v) is 7.19. The highest BCUT2D eigenvalue weighted by atomic mass is 16.1. The Balaban J connectivity index is 1.60. The van der Waals surface area contributed by atoms with E-state index in [0.29, 0.717) is 12.1 Å². The van der Waals surface area contributed by atoms with Gasteiger partial charge in [-0.15, -0.1) is 0 Å². The fraction of sp³-hybridized carbons (Fsp3) is 0.154. The molecule has 0 aliphatic carbocycles. The van der Waals surface area contributed by atoms with Gasteiger partial charge in [0.1, 0.15) is 0 Å². The highest BCUT2D eigenvalue weighted by Gasteiger charge is 2.18. The Bertz CT molecular complexity index is 1120. The molecule has 1 amide bonds. The van der Waals surface area contributed by atoms with Crippen molar-refractivity contribution >= 4 is 16.8 Å². The molecule has 0 fully saturated rings. The lowest BCUT2D eigenvalue weighted by molar-refractivity contribution is 0.0954. The molecule has 1 aromatic heterocycles. The maximum atomic E-state index is 13.1. The number of hydrogen-bond acceptors (Lipinski definition) is 2. The Kier molecular flexibility index (Phi) is 5.66. The normalized spacial score (nSPS) is 10.8. The van der Waals surface area contributed by atoms with Crippen LogP contribution in [0.3, 0.4) is 0 Å². The predicted molar refractivity (Wildman–Crippen MR) is 119 cm³/mol. The van der Waals surface area contributed by atoms with Crippen molar-refractivity contribution in [1.82, 2.24) is 10.3 Å². The van der Waals surface area contributed by atoms with Gasteiger partial charge >= 0.3 is 0 Å². The van der Waals surface area contributed by atoms with E-state index in [1.54, 1.807) is 0 Å². The van der Waals surface area contributed by atoms with E-state index in [1.165, 1.54) is 5.56 Å². The largest absolute Gasteiger partial charge is 0.352 e. The second-order valence-electron chi connectivity index (χ2n) is 7.19. The molecule has 0 saturated heterocycles. The summed E-state index contributed by atoms with van der Waals surface area (Å²) < 4.78 is 0. The van der Waals surface area contributed by atoms with Crippen molar-refractivity contribution in [2.75, 3.05) is 6.54 Å². The van der Waals surface area contributed by atoms with Gasteiger partial charge in [0.05, 0.1) is 16.8 Å². The van der Waals surface area contributed by atoms with Gasteiger partial charge in [-0.1, -0.05) is 78.9 Å². The minimum atomic E-state index is -0.0358. The van der Waals surface area contributed by atoms with Crippen molar-refractivity contribution in [3.8, 4) is 11.3 Å². The second kappa shape index (κ2) is 8.70. The molecule has 0 atom stereocenters. The third kappa shape index (κ3) is 4.19. The summed E-state index contributed by atoms with van der Waals surface area (Å²) in [5, 5.41) is 4.01. The van der Waals surface area contributed by atoms with Crippen molar-refractivity contribution in [3.63, 3.8) is 0 Å². The van der Waals surface area contributed by atoms with Crippen LogP contribution in [0.2, 0.25) is 0 Å². The van der Waals surface area contributed by atoms with Gasteiger partial charge in [0.15, 0.2) is 0 Å². The van der Waals surface area contributed by atoms with Gasteiger partial charge in [-0.05, 0) is 37.0 Å². The molecule has 0 radical (unpaired) electrons. The van der Waals surface area contributed by atoms with E-state index in [1.807, 2.05) is 79.7 Å². The topological polar surface area (TPSA) is 42.0 Å². The van der Waals surface area contributed by atoms with E-state index in [4.69, 9.17) is 4.98 Å². The number of nitrogens with zero attached hydrogens (tertiary/aromatic N) is 1. The number of nitrogens with one attached hydrogen (secondary N) is 1. The molecular weight excluding hydrogens is 356 g/mol. The maximum absolute atomic E-state index is 13.1. The van der Waals surface area contributed by atoms with Crippen LogP contribution < -0.4 is 5.32 Å². The zero-order valence-electron chi connectivity index (χ0n) is 16.6. The third-order valence-electron chi connectivity index (χ3n) is 5.18. The number of aromatic nitrogens is 1. The molecule has 1 N–H and O–H groups in total. The summed E-state index contributed by atoms with van der Waals surface area (Å²) in [4.78, 5) is 18.0. The number of carbonyl (C=O) groups is 1. The van der Waals surface area contributed by atoms with Gasteiger partial charge < -0.3 is 5.32 Å². The summed E-state index contributed by atoms with van der Waals surface area (Å²) in [6.45, 7) is 2.63. The van der Waals surface area contributed by atoms with Crippen molar-refractivity contribution in [2.45, 2.75) is 19.8 Å². The summed E-state index contributed by atoms with van der Waals surface area (Å²) in [7, 11) is 0. The third-order valence-corrected chi connectivity index (χ3v) is 5.18. The molecule has 3 nitrogen and oxygen atoms in total. The Labute approximate surface area is 171 Å². The van der Waals surface area contributed by atoms with Crippen LogP contribution in [0.25, 0.3) is 22.2 Å². The van der Waals surface area contributed by atoms with Gasteiger partial charge in [0.2, 0.25) is 0 Å². The van der Waals surface area contributed by atoms with Gasteiger partial charge in [-0.25, -0.2) is 4.98 Å².